The van der Waals surface area contributed by atoms with Crippen LogP contribution in [0.15, 0.2) is 164 Å². The number of nitrogens with zero attached hydrogens (tertiary/aromatic N) is 5. The molecule has 0 bridgehead atoms. The summed E-state index contributed by atoms with van der Waals surface area (Å²) in [4.78, 5) is 9.68. The number of para-hydroxylation sites is 4. The Morgan fingerprint density at radius 1 is 0.645 bits per heavy atom. The SMILES string of the molecule is [2H]c1c([2H])c([2H])c(-c2c([2H])c([2H])c([2H])c(-c3c([2H])c([2H])c([2H])c([2H])c3[2H])c2[N+]2=C=[N+](c3[c-]c(Oc4[c-]c5c(nc4)c4ccccc4n5-c4cc(C(C)(C)C)ccn4)cc(C(C)(C)C)c3)c3ccccc32)c([2H])c1[2H].[Pt+2]. The number of ether oxygens (including phenoxy) is 1. The minimum Gasteiger partial charge on any atom is -0.507 e. The van der Waals surface area contributed by atoms with Crippen LogP contribution in [0, 0.1) is 12.1 Å². The van der Waals surface area contributed by atoms with Gasteiger partial charge in [0, 0.05) is 35.3 Å². The van der Waals surface area contributed by atoms with Crippen LogP contribution in [0.5, 0.6) is 11.5 Å². The van der Waals surface area contributed by atoms with Crippen LogP contribution in [-0.2, 0) is 31.9 Å². The van der Waals surface area contributed by atoms with Crippen LogP contribution in [-0.4, -0.2) is 20.5 Å². The van der Waals surface area contributed by atoms with Gasteiger partial charge >= 0.3 is 27.1 Å². The van der Waals surface area contributed by atoms with Crippen molar-refractivity contribution in [2.75, 3.05) is 0 Å². The average molecular weight is 1000 g/mol. The number of rotatable bonds is 7. The standard InChI is InChI=1S/C55H45N5O.Pt/c1-54(2,3)39-28-29-56-51(32-39)60-47-25-14-13-22-46(47)52-50(60)34-43(35-57-52)61-42-31-40(55(4,5)6)30-41(33-42)58-36-59(49-27-16-15-26-48(49)58)53-44(37-18-9-7-10-19-37)23-17-24-45(53)38-20-11-8-12-21-38;/h7-32,35H,1-6H3;/q;+2/i7D,8D,9D,10D,11D,12D,17D,18D,19D,20D,21D,23D,24D;. The molecule has 0 saturated carbocycles. The molecule has 1 aliphatic rings. The van der Waals surface area contributed by atoms with Gasteiger partial charge in [0.1, 0.15) is 11.5 Å². The molecule has 0 spiro atoms. The number of pyridine rings is 2. The van der Waals surface area contributed by atoms with Crippen LogP contribution in [0.3, 0.4) is 0 Å². The van der Waals surface area contributed by atoms with Gasteiger partial charge in [-0.25, -0.2) is 4.98 Å². The van der Waals surface area contributed by atoms with Crippen LogP contribution >= 0.6 is 0 Å². The first-order valence-corrected chi connectivity index (χ1v) is 19.7. The van der Waals surface area contributed by atoms with Crippen molar-refractivity contribution in [3.8, 4) is 39.6 Å². The molecule has 0 unspecified atom stereocenters. The van der Waals surface area contributed by atoms with Gasteiger partial charge < -0.3 is 14.3 Å². The second-order valence-electron chi connectivity index (χ2n) is 16.7. The van der Waals surface area contributed by atoms with Gasteiger partial charge in [-0.05, 0) is 85.0 Å². The Hall–Kier alpha value is -6.71. The molecule has 7 heteroatoms. The van der Waals surface area contributed by atoms with Gasteiger partial charge in [0.2, 0.25) is 5.69 Å². The molecule has 4 heterocycles. The summed E-state index contributed by atoms with van der Waals surface area (Å²) >= 11 is 0. The predicted octanol–water partition coefficient (Wildman–Crippen LogP) is 13.7. The molecule has 9 aromatic rings. The summed E-state index contributed by atoms with van der Waals surface area (Å²) in [6, 6.07) is 23.2. The van der Waals surface area contributed by atoms with Gasteiger partial charge in [-0.1, -0.05) is 155 Å². The average Bonchev–Trinajstić information content (AvgIpc) is 3.92. The molecule has 62 heavy (non-hydrogen) atoms. The Balaban J connectivity index is 0.00000689. The minimum atomic E-state index is -0.783. The third-order valence-electron chi connectivity index (χ3n) is 10.5. The maximum atomic E-state index is 9.41. The Morgan fingerprint density at radius 2 is 1.27 bits per heavy atom. The predicted molar refractivity (Wildman–Crippen MR) is 250 cm³/mol. The number of hydrogen-bond donors (Lipinski definition) is 0. The third-order valence-corrected chi connectivity index (χ3v) is 10.5. The Morgan fingerprint density at radius 3 is 1.94 bits per heavy atom. The van der Waals surface area contributed by atoms with Crippen molar-refractivity contribution in [1.29, 1.82) is 0 Å². The third kappa shape index (κ3) is 7.40. The zero-order chi connectivity index (χ0) is 53.2. The number of hydrogen-bond acceptors (Lipinski definition) is 3. The topological polar surface area (TPSA) is 46.0 Å². The molecule has 0 radical (unpaired) electrons. The molecule has 1 aliphatic heterocycles. The van der Waals surface area contributed by atoms with E-state index in [0.29, 0.717) is 33.9 Å². The smallest absolute Gasteiger partial charge is 0.507 e. The molecule has 10 rings (SSSR count). The Bertz CT molecular complexity index is 3850. The van der Waals surface area contributed by atoms with Crippen LogP contribution in [0.25, 0.3) is 50.0 Å². The summed E-state index contributed by atoms with van der Waals surface area (Å²) in [5, 5.41) is 0.900. The van der Waals surface area contributed by atoms with Gasteiger partial charge in [0.15, 0.2) is 0 Å². The van der Waals surface area contributed by atoms with Crippen LogP contribution in [0.1, 0.15) is 70.5 Å². The van der Waals surface area contributed by atoms with E-state index in [-0.39, 0.29) is 43.7 Å². The summed E-state index contributed by atoms with van der Waals surface area (Å²) < 4.78 is 127. The Labute approximate surface area is 395 Å². The van der Waals surface area contributed by atoms with E-state index in [1.165, 1.54) is 4.58 Å². The van der Waals surface area contributed by atoms with Crippen molar-refractivity contribution in [1.82, 2.24) is 23.7 Å². The van der Waals surface area contributed by atoms with E-state index >= 15 is 0 Å². The second-order valence-corrected chi connectivity index (χ2v) is 16.7. The van der Waals surface area contributed by atoms with Gasteiger partial charge in [0.05, 0.1) is 28.9 Å². The molecule has 0 aliphatic carbocycles. The van der Waals surface area contributed by atoms with E-state index < -0.39 is 106 Å². The normalized spacial score (nSPS) is 15.4. The van der Waals surface area contributed by atoms with Crippen LogP contribution < -0.4 is 13.9 Å². The molecule has 3 aromatic heterocycles. The van der Waals surface area contributed by atoms with Crippen LogP contribution in [0.2, 0.25) is 0 Å². The molecule has 6 nitrogen and oxygen atoms in total. The van der Waals surface area contributed by atoms with E-state index in [1.807, 2.05) is 67.8 Å². The molecular weight excluding hydrogens is 942 g/mol. The van der Waals surface area contributed by atoms with Crippen molar-refractivity contribution in [3.63, 3.8) is 0 Å². The molecule has 0 saturated heterocycles. The van der Waals surface area contributed by atoms with Crippen molar-refractivity contribution in [2.45, 2.75) is 52.4 Å². The van der Waals surface area contributed by atoms with E-state index in [1.54, 1.807) is 41.2 Å². The first kappa shape index (κ1) is 28.0. The maximum absolute atomic E-state index is 9.41. The summed E-state index contributed by atoms with van der Waals surface area (Å²) in [7, 11) is 0. The zero-order valence-electron chi connectivity index (χ0n) is 47.5. The molecule has 304 valence electrons. The fourth-order valence-corrected chi connectivity index (χ4v) is 7.43. The van der Waals surface area contributed by atoms with Gasteiger partial charge in [-0.2, -0.15) is 0 Å². The molecule has 6 aromatic carbocycles. The van der Waals surface area contributed by atoms with Gasteiger partial charge in [-0.15, -0.1) is 17.7 Å². The second kappa shape index (κ2) is 16.0. The molecule has 0 N–H and O–H groups in total. The fourth-order valence-electron chi connectivity index (χ4n) is 7.43. The van der Waals surface area contributed by atoms with E-state index in [0.717, 1.165) is 22.0 Å². The molecule has 0 fully saturated rings. The van der Waals surface area contributed by atoms with Crippen molar-refractivity contribution in [2.24, 2.45) is 0 Å². The quantitative estimate of drug-likeness (QED) is 0.118. The summed E-state index contributed by atoms with van der Waals surface area (Å²) in [6.45, 7) is 12.5. The maximum Gasteiger partial charge on any atom is 2.00 e. The van der Waals surface area contributed by atoms with Gasteiger partial charge in [-0.3, -0.25) is 0 Å². The largest absolute Gasteiger partial charge is 2.00 e. The monoisotopic (exact) mass is 999 g/mol. The Kier molecular flexibility index (Phi) is 7.21. The fraction of sp³-hybridized carbons (Fsp3) is 0.145. The zero-order valence-corrected chi connectivity index (χ0v) is 36.8. The minimum absolute atomic E-state index is 0. The van der Waals surface area contributed by atoms with E-state index in [2.05, 4.69) is 45.0 Å². The van der Waals surface area contributed by atoms with E-state index in [4.69, 9.17) is 29.8 Å². The summed E-state index contributed by atoms with van der Waals surface area (Å²) in [6.07, 6.45) is 3.38. The molecule has 0 amide bonds. The first-order valence-electron chi connectivity index (χ1n) is 26.2. The van der Waals surface area contributed by atoms with Crippen molar-refractivity contribution in [3.05, 3.63) is 187 Å². The van der Waals surface area contributed by atoms with Crippen molar-refractivity contribution >= 4 is 50.7 Å². The number of benzene rings is 6. The number of aromatic nitrogens is 3. The van der Waals surface area contributed by atoms with E-state index in [9.17, 15) is 2.74 Å². The summed E-state index contributed by atoms with van der Waals surface area (Å²) in [5.41, 5.74) is 2.41. The molecular formula is C55H45N5OPt+2. The summed E-state index contributed by atoms with van der Waals surface area (Å²) in [5.74, 6) is 1.21. The number of fused-ring (bicyclic) bond motifs is 4. The van der Waals surface area contributed by atoms with Gasteiger partial charge in [0.25, 0.3) is 11.4 Å². The van der Waals surface area contributed by atoms with Crippen molar-refractivity contribution < 1.29 is 43.6 Å². The first-order chi connectivity index (χ1) is 34.9. The molecule has 0 atom stereocenters. The van der Waals surface area contributed by atoms with Crippen LogP contribution in [0.4, 0.5) is 22.7 Å².